The SMILES string of the molecule is C=CCn1c(SCC2(C)CSC2)nnc1-c1ccncc1. The fourth-order valence-corrected chi connectivity index (χ4v) is 4.64. The number of hydrogen-bond acceptors (Lipinski definition) is 5. The van der Waals surface area contributed by atoms with Crippen LogP contribution in [0.5, 0.6) is 0 Å². The average molecular weight is 318 g/mol. The predicted molar refractivity (Wildman–Crippen MR) is 89.6 cm³/mol. The molecule has 3 heterocycles. The molecule has 1 saturated heterocycles. The maximum Gasteiger partial charge on any atom is 0.191 e. The summed E-state index contributed by atoms with van der Waals surface area (Å²) in [4.78, 5) is 4.06. The van der Waals surface area contributed by atoms with E-state index < -0.39 is 0 Å². The third-order valence-electron chi connectivity index (χ3n) is 3.42. The Morgan fingerprint density at radius 2 is 2.14 bits per heavy atom. The van der Waals surface area contributed by atoms with Gasteiger partial charge in [0.25, 0.3) is 0 Å². The Morgan fingerprint density at radius 3 is 2.76 bits per heavy atom. The molecule has 0 unspecified atom stereocenters. The highest BCUT2D eigenvalue weighted by Gasteiger charge is 2.33. The Kier molecular flexibility index (Phi) is 4.35. The number of thioether (sulfide) groups is 2. The van der Waals surface area contributed by atoms with Gasteiger partial charge in [0.1, 0.15) is 0 Å². The lowest BCUT2D eigenvalue weighted by Crippen LogP contribution is -2.34. The standard InChI is InChI=1S/C15H18N4S2/c1-3-8-19-13(12-4-6-16-7-5-12)17-18-14(19)21-11-15(2)9-20-10-15/h3-7H,1,8-11H2,2H3. The topological polar surface area (TPSA) is 43.6 Å². The molecule has 0 spiro atoms. The van der Waals surface area contributed by atoms with Gasteiger partial charge in [-0.25, -0.2) is 0 Å². The van der Waals surface area contributed by atoms with Gasteiger partial charge in [0.05, 0.1) is 0 Å². The highest BCUT2D eigenvalue weighted by molar-refractivity contribution is 8.01. The van der Waals surface area contributed by atoms with Crippen molar-refractivity contribution in [1.29, 1.82) is 0 Å². The van der Waals surface area contributed by atoms with Gasteiger partial charge in [0.2, 0.25) is 0 Å². The normalized spacial score (nSPS) is 16.4. The number of aromatic nitrogens is 4. The van der Waals surface area contributed by atoms with Crippen molar-refractivity contribution in [2.75, 3.05) is 17.3 Å². The summed E-state index contributed by atoms with van der Waals surface area (Å²) in [5.74, 6) is 4.46. The first-order valence-electron chi connectivity index (χ1n) is 6.87. The second-order valence-electron chi connectivity index (χ2n) is 5.53. The van der Waals surface area contributed by atoms with Gasteiger partial charge in [-0.05, 0) is 17.5 Å². The third-order valence-corrected chi connectivity index (χ3v) is 6.62. The number of allylic oxidation sites excluding steroid dienone is 1. The molecule has 0 aliphatic carbocycles. The summed E-state index contributed by atoms with van der Waals surface area (Å²) >= 11 is 3.81. The number of pyridine rings is 1. The average Bonchev–Trinajstić information content (AvgIpc) is 2.87. The summed E-state index contributed by atoms with van der Waals surface area (Å²) in [5, 5.41) is 9.71. The molecular formula is C15H18N4S2. The Balaban J connectivity index is 1.83. The predicted octanol–water partition coefficient (Wildman–Crippen LogP) is 3.37. The molecule has 110 valence electrons. The number of nitrogens with zero attached hydrogens (tertiary/aromatic N) is 4. The van der Waals surface area contributed by atoms with E-state index in [2.05, 4.69) is 33.3 Å². The summed E-state index contributed by atoms with van der Waals surface area (Å²) < 4.78 is 2.13. The van der Waals surface area contributed by atoms with E-state index in [0.717, 1.165) is 28.8 Å². The quantitative estimate of drug-likeness (QED) is 0.603. The summed E-state index contributed by atoms with van der Waals surface area (Å²) in [6.07, 6.45) is 5.45. The maximum atomic E-state index is 4.37. The smallest absolute Gasteiger partial charge is 0.191 e. The molecule has 0 radical (unpaired) electrons. The lowest BCUT2D eigenvalue weighted by molar-refractivity contribution is 0.472. The van der Waals surface area contributed by atoms with Gasteiger partial charge < -0.3 is 0 Å². The van der Waals surface area contributed by atoms with E-state index in [1.165, 1.54) is 11.5 Å². The van der Waals surface area contributed by atoms with Crippen molar-refractivity contribution in [1.82, 2.24) is 19.7 Å². The van der Waals surface area contributed by atoms with Crippen molar-refractivity contribution in [3.05, 3.63) is 37.2 Å². The fraction of sp³-hybridized carbons (Fsp3) is 0.400. The van der Waals surface area contributed by atoms with Crippen LogP contribution in [0.3, 0.4) is 0 Å². The fourth-order valence-electron chi connectivity index (χ4n) is 2.18. The van der Waals surface area contributed by atoms with E-state index in [-0.39, 0.29) is 0 Å². The Bertz CT molecular complexity index is 620. The monoisotopic (exact) mass is 318 g/mol. The van der Waals surface area contributed by atoms with Gasteiger partial charge in [-0.1, -0.05) is 24.8 Å². The maximum absolute atomic E-state index is 4.37. The zero-order chi connectivity index (χ0) is 14.7. The summed E-state index contributed by atoms with van der Waals surface area (Å²) in [5.41, 5.74) is 1.48. The lowest BCUT2D eigenvalue weighted by atomic mass is 9.98. The van der Waals surface area contributed by atoms with Crippen LogP contribution < -0.4 is 0 Å². The number of hydrogen-bond donors (Lipinski definition) is 0. The molecule has 0 amide bonds. The van der Waals surface area contributed by atoms with E-state index in [0.29, 0.717) is 5.41 Å². The molecule has 3 rings (SSSR count). The molecular weight excluding hydrogens is 300 g/mol. The first-order chi connectivity index (χ1) is 10.2. The molecule has 0 aromatic carbocycles. The van der Waals surface area contributed by atoms with Crippen molar-refractivity contribution in [2.45, 2.75) is 18.6 Å². The minimum absolute atomic E-state index is 0.442. The van der Waals surface area contributed by atoms with Crippen LogP contribution in [-0.4, -0.2) is 37.0 Å². The molecule has 1 aliphatic rings. The Hall–Kier alpha value is -1.27. The largest absolute Gasteiger partial charge is 0.298 e. The van der Waals surface area contributed by atoms with E-state index >= 15 is 0 Å². The van der Waals surface area contributed by atoms with Crippen LogP contribution in [0, 0.1) is 5.41 Å². The van der Waals surface area contributed by atoms with E-state index in [1.54, 1.807) is 24.2 Å². The van der Waals surface area contributed by atoms with Crippen LogP contribution in [0.4, 0.5) is 0 Å². The molecule has 4 nitrogen and oxygen atoms in total. The first-order valence-corrected chi connectivity index (χ1v) is 9.01. The summed E-state index contributed by atoms with van der Waals surface area (Å²) in [6.45, 7) is 6.91. The lowest BCUT2D eigenvalue weighted by Gasteiger charge is -2.37. The van der Waals surface area contributed by atoms with E-state index in [9.17, 15) is 0 Å². The van der Waals surface area contributed by atoms with Crippen LogP contribution in [0.2, 0.25) is 0 Å². The Labute approximate surface area is 133 Å². The molecule has 6 heteroatoms. The van der Waals surface area contributed by atoms with Crippen LogP contribution >= 0.6 is 23.5 Å². The molecule has 0 N–H and O–H groups in total. The molecule has 0 bridgehead atoms. The van der Waals surface area contributed by atoms with E-state index in [1.807, 2.05) is 30.0 Å². The molecule has 0 atom stereocenters. The van der Waals surface area contributed by atoms with Crippen molar-refractivity contribution >= 4 is 23.5 Å². The second-order valence-corrected chi connectivity index (χ2v) is 7.46. The minimum atomic E-state index is 0.442. The van der Waals surface area contributed by atoms with Gasteiger partial charge >= 0.3 is 0 Å². The van der Waals surface area contributed by atoms with Crippen LogP contribution in [-0.2, 0) is 6.54 Å². The molecule has 1 aliphatic heterocycles. The van der Waals surface area contributed by atoms with Gasteiger partial charge in [-0.2, -0.15) is 11.8 Å². The first kappa shape index (κ1) is 14.7. The molecule has 2 aromatic rings. The molecule has 2 aromatic heterocycles. The Morgan fingerprint density at radius 1 is 1.38 bits per heavy atom. The van der Waals surface area contributed by atoms with Crippen molar-refractivity contribution in [2.24, 2.45) is 5.41 Å². The van der Waals surface area contributed by atoms with Crippen molar-refractivity contribution in [3.63, 3.8) is 0 Å². The zero-order valence-electron chi connectivity index (χ0n) is 12.0. The highest BCUT2D eigenvalue weighted by atomic mass is 32.2. The molecule has 21 heavy (non-hydrogen) atoms. The van der Waals surface area contributed by atoms with Crippen LogP contribution in [0.15, 0.2) is 42.3 Å². The minimum Gasteiger partial charge on any atom is -0.298 e. The molecule has 1 fully saturated rings. The summed E-state index contributed by atoms with van der Waals surface area (Å²) in [6, 6.07) is 3.92. The highest BCUT2D eigenvalue weighted by Crippen LogP contribution is 2.41. The van der Waals surface area contributed by atoms with Gasteiger partial charge in [-0.15, -0.1) is 16.8 Å². The van der Waals surface area contributed by atoms with Crippen LogP contribution in [0.25, 0.3) is 11.4 Å². The van der Waals surface area contributed by atoms with Crippen LogP contribution in [0.1, 0.15) is 6.92 Å². The van der Waals surface area contributed by atoms with Crippen molar-refractivity contribution in [3.8, 4) is 11.4 Å². The van der Waals surface area contributed by atoms with Gasteiger partial charge in [0, 0.05) is 41.8 Å². The second kappa shape index (κ2) is 6.23. The van der Waals surface area contributed by atoms with Gasteiger partial charge in [0.15, 0.2) is 11.0 Å². The van der Waals surface area contributed by atoms with Gasteiger partial charge in [-0.3, -0.25) is 9.55 Å². The third kappa shape index (κ3) is 3.16. The number of rotatable bonds is 6. The molecule has 0 saturated carbocycles. The van der Waals surface area contributed by atoms with E-state index in [4.69, 9.17) is 0 Å². The summed E-state index contributed by atoms with van der Waals surface area (Å²) in [7, 11) is 0. The zero-order valence-corrected chi connectivity index (χ0v) is 13.7. The van der Waals surface area contributed by atoms with Crippen molar-refractivity contribution < 1.29 is 0 Å².